The molecule has 0 fully saturated rings. The predicted octanol–water partition coefficient (Wildman–Crippen LogP) is 3.10. The lowest BCUT2D eigenvalue weighted by Gasteiger charge is -2.18. The molecular formula is C44H48FN7O10. The van der Waals surface area contributed by atoms with Crippen molar-refractivity contribution in [1.29, 1.82) is 0 Å². The summed E-state index contributed by atoms with van der Waals surface area (Å²) >= 11 is 0. The first kappa shape index (κ1) is 45.7. The van der Waals surface area contributed by atoms with Crippen LogP contribution in [0.5, 0.6) is 5.75 Å². The summed E-state index contributed by atoms with van der Waals surface area (Å²) in [5, 5.41) is 27.3. The fourth-order valence-electron chi connectivity index (χ4n) is 6.59. The van der Waals surface area contributed by atoms with Crippen LogP contribution in [-0.2, 0) is 41.6 Å². The van der Waals surface area contributed by atoms with Gasteiger partial charge in [-0.05, 0) is 41.7 Å². The molecule has 17 nitrogen and oxygen atoms in total. The number of carbonyl (C=O) groups excluding carboxylic acids is 4. The van der Waals surface area contributed by atoms with Crippen molar-refractivity contribution in [2.45, 2.75) is 70.4 Å². The molecule has 0 radical (unpaired) electrons. The Bertz CT molecular complexity index is 2370. The zero-order valence-corrected chi connectivity index (χ0v) is 33.9. The molecular weight excluding hydrogens is 806 g/mol. The number of aliphatic carboxylic acids is 2. The van der Waals surface area contributed by atoms with Crippen molar-refractivity contribution in [2.75, 3.05) is 19.7 Å². The average Bonchev–Trinajstić information content (AvgIpc) is 3.55. The quantitative estimate of drug-likeness (QED) is 0.0471. The number of aromatic nitrogens is 3. The number of fused-ring (bicyclic) bond motifs is 1. The van der Waals surface area contributed by atoms with Crippen molar-refractivity contribution in [3.8, 4) is 22.8 Å². The summed E-state index contributed by atoms with van der Waals surface area (Å²) in [6.45, 7) is 0.772. The van der Waals surface area contributed by atoms with Crippen molar-refractivity contribution < 1.29 is 48.1 Å². The minimum Gasteiger partial charge on any atom is -0.491 e. The van der Waals surface area contributed by atoms with Crippen LogP contribution in [0, 0.1) is 5.82 Å². The van der Waals surface area contributed by atoms with Crippen LogP contribution in [0.1, 0.15) is 68.0 Å². The summed E-state index contributed by atoms with van der Waals surface area (Å²) in [4.78, 5) is 92.9. The van der Waals surface area contributed by atoms with Gasteiger partial charge in [-0.25, -0.2) is 9.37 Å². The van der Waals surface area contributed by atoms with Gasteiger partial charge in [-0.2, -0.15) is 0 Å². The lowest BCUT2D eigenvalue weighted by atomic mass is 10.1. The molecule has 0 saturated carbocycles. The Hall–Kier alpha value is -7.37. The number of carbonyl (C=O) groups is 6. The van der Waals surface area contributed by atoms with Gasteiger partial charge in [0.05, 0.1) is 37.4 Å². The molecule has 0 saturated heterocycles. The van der Waals surface area contributed by atoms with Gasteiger partial charge in [-0.15, -0.1) is 0 Å². The molecule has 2 atom stereocenters. The second kappa shape index (κ2) is 22.3. The minimum atomic E-state index is -1.46. The number of hydrogen-bond donors (Lipinski definition) is 7. The van der Waals surface area contributed by atoms with Crippen LogP contribution in [0.4, 0.5) is 4.39 Å². The van der Waals surface area contributed by atoms with Gasteiger partial charge < -0.3 is 41.2 Å². The van der Waals surface area contributed by atoms with Gasteiger partial charge in [-0.1, -0.05) is 79.6 Å². The van der Waals surface area contributed by atoms with Gasteiger partial charge in [0.15, 0.2) is 17.4 Å². The molecule has 326 valence electrons. The van der Waals surface area contributed by atoms with E-state index in [1.165, 1.54) is 12.1 Å². The number of ether oxygens (including phenoxy) is 1. The lowest BCUT2D eigenvalue weighted by molar-refractivity contribution is -0.140. The van der Waals surface area contributed by atoms with E-state index >= 15 is 4.39 Å². The van der Waals surface area contributed by atoms with Crippen molar-refractivity contribution in [2.24, 2.45) is 0 Å². The van der Waals surface area contributed by atoms with Crippen molar-refractivity contribution in [1.82, 2.24) is 35.8 Å². The maximum atomic E-state index is 15.2. The topological polar surface area (TPSA) is 251 Å². The van der Waals surface area contributed by atoms with Gasteiger partial charge in [0.2, 0.25) is 23.6 Å². The number of nitrogens with one attached hydrogen (secondary N) is 5. The SMILES string of the molecule is CC(=O)NC(CC(=O)O)C(=O)NCC(=O)NC(CC(=O)O)C(=O)NCCCCCCOc1ccc(Cc2nc3c(Cc4ccccc4)[nH]c(-c4ccccc4)cn-3c2=O)cc1F. The Balaban J connectivity index is 1.06. The maximum Gasteiger partial charge on any atom is 0.305 e. The summed E-state index contributed by atoms with van der Waals surface area (Å²) < 4.78 is 22.4. The molecule has 2 aliphatic heterocycles. The third-order valence-electron chi connectivity index (χ3n) is 9.58. The summed E-state index contributed by atoms with van der Waals surface area (Å²) in [7, 11) is 0. The average molecular weight is 854 g/mol. The Morgan fingerprint density at radius 1 is 0.790 bits per heavy atom. The number of nitrogens with zero attached hydrogens (tertiary/aromatic N) is 2. The molecule has 7 N–H and O–H groups in total. The van der Waals surface area contributed by atoms with E-state index < -0.39 is 72.9 Å². The number of amides is 4. The minimum absolute atomic E-state index is 0.0597. The van der Waals surface area contributed by atoms with E-state index in [0.29, 0.717) is 43.5 Å². The monoisotopic (exact) mass is 853 g/mol. The van der Waals surface area contributed by atoms with E-state index in [2.05, 4.69) is 26.3 Å². The Labute approximate surface area is 355 Å². The van der Waals surface area contributed by atoms with Crippen molar-refractivity contribution in [3.05, 3.63) is 124 Å². The van der Waals surface area contributed by atoms with E-state index in [1.54, 1.807) is 16.8 Å². The highest BCUT2D eigenvalue weighted by atomic mass is 19.1. The molecule has 2 heterocycles. The molecule has 18 heteroatoms. The van der Waals surface area contributed by atoms with Gasteiger partial charge in [-0.3, -0.25) is 38.1 Å². The first-order valence-corrected chi connectivity index (χ1v) is 20.0. The maximum absolute atomic E-state index is 15.2. The van der Waals surface area contributed by atoms with E-state index in [-0.39, 0.29) is 36.6 Å². The van der Waals surface area contributed by atoms with Crippen molar-refractivity contribution >= 4 is 35.6 Å². The fraction of sp³-hybridized carbons (Fsp3) is 0.318. The molecule has 0 aromatic heterocycles. The lowest BCUT2D eigenvalue weighted by Crippen LogP contribution is -2.52. The number of H-pyrrole nitrogens is 1. The summed E-state index contributed by atoms with van der Waals surface area (Å²) in [5.74, 6) is -6.02. The number of rotatable bonds is 23. The molecule has 4 amide bonds. The molecule has 3 aromatic rings. The van der Waals surface area contributed by atoms with Crippen LogP contribution in [0.25, 0.3) is 17.1 Å². The van der Waals surface area contributed by atoms with Crippen LogP contribution in [-0.4, -0.2) is 92.1 Å². The number of benzene rings is 3. The number of imidazole rings is 1. The van der Waals surface area contributed by atoms with Gasteiger partial charge >= 0.3 is 11.9 Å². The number of hydrogen-bond acceptors (Lipinski definition) is 9. The van der Waals surface area contributed by atoms with Gasteiger partial charge in [0, 0.05) is 32.5 Å². The normalized spacial score (nSPS) is 11.9. The third-order valence-corrected chi connectivity index (χ3v) is 9.58. The zero-order chi connectivity index (χ0) is 44.6. The highest BCUT2D eigenvalue weighted by molar-refractivity contribution is 5.94. The largest absolute Gasteiger partial charge is 0.491 e. The molecule has 0 aliphatic carbocycles. The molecule has 62 heavy (non-hydrogen) atoms. The molecule has 5 rings (SSSR count). The second-order valence-electron chi connectivity index (χ2n) is 14.5. The molecule has 3 aromatic carbocycles. The number of carboxylic acids is 2. The zero-order valence-electron chi connectivity index (χ0n) is 33.9. The highest BCUT2D eigenvalue weighted by Crippen LogP contribution is 2.25. The smallest absolute Gasteiger partial charge is 0.305 e. The Morgan fingerprint density at radius 3 is 2.10 bits per heavy atom. The van der Waals surface area contributed by atoms with Crippen molar-refractivity contribution in [3.63, 3.8) is 0 Å². The van der Waals surface area contributed by atoms with Gasteiger partial charge in [0.25, 0.3) is 5.56 Å². The number of halogens is 1. The van der Waals surface area contributed by atoms with Crippen LogP contribution in [0.2, 0.25) is 0 Å². The summed E-state index contributed by atoms with van der Waals surface area (Å²) in [5.41, 5.74) is 4.03. The van der Waals surface area contributed by atoms with E-state index in [4.69, 9.17) is 14.8 Å². The van der Waals surface area contributed by atoms with E-state index in [1.807, 2.05) is 60.7 Å². The molecule has 2 aliphatic rings. The Kier molecular flexibility index (Phi) is 16.4. The highest BCUT2D eigenvalue weighted by Gasteiger charge is 2.26. The second-order valence-corrected chi connectivity index (χ2v) is 14.5. The summed E-state index contributed by atoms with van der Waals surface area (Å²) in [6, 6.07) is 21.2. The molecule has 0 spiro atoms. The molecule has 0 bridgehead atoms. The first-order chi connectivity index (χ1) is 29.8. The van der Waals surface area contributed by atoms with Gasteiger partial charge in [0.1, 0.15) is 17.8 Å². The van der Waals surface area contributed by atoms with Crippen LogP contribution in [0.15, 0.2) is 89.9 Å². The predicted molar refractivity (Wildman–Crippen MR) is 223 cm³/mol. The third kappa shape index (κ3) is 13.6. The fourth-order valence-corrected chi connectivity index (χ4v) is 6.59. The summed E-state index contributed by atoms with van der Waals surface area (Å²) in [6.07, 6.45) is 3.29. The Morgan fingerprint density at radius 2 is 1.44 bits per heavy atom. The standard InChI is InChI=1S/C44H48FN7O10/c1-27(53)48-33(23-39(55)56)43(60)47-25-38(54)50-34(24-40(57)58)42(59)46-18-10-2-3-11-19-62-37-17-16-29(20-31(37)45)22-35-44(61)52-26-36(30-14-8-5-9-15-30)49-32(41(52)51-35)21-28-12-6-4-7-13-28/h4-9,12-17,20,26,33-34,49H,2-3,10-11,18-19,21-25H2,1H3,(H,46,59)(H,47,60)(H,48,53)(H,50,54)(H,55,56)(H,57,58). The van der Waals surface area contributed by atoms with Crippen LogP contribution in [0.3, 0.4) is 0 Å². The number of aromatic amines is 1. The van der Waals surface area contributed by atoms with Crippen LogP contribution >= 0.6 is 0 Å². The molecule has 2 unspecified atom stereocenters. The van der Waals surface area contributed by atoms with Crippen LogP contribution < -0.4 is 31.6 Å². The van der Waals surface area contributed by atoms with E-state index in [0.717, 1.165) is 29.4 Å². The first-order valence-electron chi connectivity index (χ1n) is 20.0. The number of carboxylic acid groups (broad SMARTS) is 2. The van der Waals surface area contributed by atoms with E-state index in [9.17, 15) is 38.7 Å². The number of unbranched alkanes of at least 4 members (excludes halogenated alkanes) is 3.